The average Bonchev–Trinajstić information content (AvgIpc) is 2.59. The molecule has 2 aromatic carbocycles. The number of carbonyl (C=O) groups is 1. The molecule has 0 unspecified atom stereocenters. The van der Waals surface area contributed by atoms with Gasteiger partial charge in [0.15, 0.2) is 0 Å². The Bertz CT molecular complexity index is 838. The lowest BCUT2D eigenvalue weighted by atomic mass is 10.2. The number of hydrogen-bond donors (Lipinski definition) is 0. The molecule has 1 aliphatic heterocycles. The molecule has 7 heteroatoms. The highest BCUT2D eigenvalue weighted by Gasteiger charge is 2.39. The maximum Gasteiger partial charge on any atom is 0.245 e. The highest BCUT2D eigenvalue weighted by atomic mass is 32.2. The fraction of sp³-hybridized carbons (Fsp3) is 0.235. The van der Waals surface area contributed by atoms with E-state index in [9.17, 15) is 17.6 Å². The minimum absolute atomic E-state index is 0.167. The van der Waals surface area contributed by atoms with Gasteiger partial charge in [-0.05, 0) is 43.3 Å². The van der Waals surface area contributed by atoms with Gasteiger partial charge in [-0.15, -0.1) is 0 Å². The molecule has 0 spiro atoms. The number of benzene rings is 2. The highest BCUT2D eigenvalue weighted by Crippen LogP contribution is 2.25. The van der Waals surface area contributed by atoms with Crippen molar-refractivity contribution in [2.45, 2.75) is 17.9 Å². The predicted octanol–water partition coefficient (Wildman–Crippen LogP) is 2.25. The maximum absolute atomic E-state index is 13.0. The quantitative estimate of drug-likeness (QED) is 0.855. The Labute approximate surface area is 140 Å². The smallest absolute Gasteiger partial charge is 0.245 e. The van der Waals surface area contributed by atoms with Gasteiger partial charge < -0.3 is 4.90 Å². The van der Waals surface area contributed by atoms with Gasteiger partial charge in [0, 0.05) is 18.8 Å². The fourth-order valence-corrected chi connectivity index (χ4v) is 4.39. The van der Waals surface area contributed by atoms with Crippen LogP contribution >= 0.6 is 0 Å². The molecule has 126 valence electrons. The molecule has 2 aromatic rings. The molecule has 0 bridgehead atoms. The van der Waals surface area contributed by atoms with Crippen LogP contribution in [0.4, 0.5) is 10.1 Å². The second-order valence-corrected chi connectivity index (χ2v) is 7.46. The van der Waals surface area contributed by atoms with Gasteiger partial charge >= 0.3 is 0 Å². The first-order chi connectivity index (χ1) is 11.4. The van der Waals surface area contributed by atoms with Crippen molar-refractivity contribution in [3.8, 4) is 0 Å². The van der Waals surface area contributed by atoms with Gasteiger partial charge in [-0.25, -0.2) is 12.8 Å². The third kappa shape index (κ3) is 2.92. The molecule has 1 saturated heterocycles. The van der Waals surface area contributed by atoms with Gasteiger partial charge in [0.25, 0.3) is 0 Å². The molecule has 1 atom stereocenters. The van der Waals surface area contributed by atoms with E-state index < -0.39 is 16.1 Å². The van der Waals surface area contributed by atoms with Crippen molar-refractivity contribution >= 4 is 21.6 Å². The van der Waals surface area contributed by atoms with Crippen LogP contribution in [0.5, 0.6) is 0 Å². The summed E-state index contributed by atoms with van der Waals surface area (Å²) in [5.41, 5.74) is 0.560. The SMILES string of the molecule is C[C@@H]1C(=O)N(c2ccc(F)cc2)CCN1S(=O)(=O)c1ccccc1. The monoisotopic (exact) mass is 348 g/mol. The molecule has 0 aliphatic carbocycles. The molecular weight excluding hydrogens is 331 g/mol. The Morgan fingerprint density at radius 2 is 1.62 bits per heavy atom. The van der Waals surface area contributed by atoms with E-state index in [-0.39, 0.29) is 29.7 Å². The Morgan fingerprint density at radius 3 is 2.25 bits per heavy atom. The average molecular weight is 348 g/mol. The van der Waals surface area contributed by atoms with Gasteiger partial charge in [-0.3, -0.25) is 4.79 Å². The third-order valence-electron chi connectivity index (χ3n) is 4.09. The summed E-state index contributed by atoms with van der Waals surface area (Å²) in [7, 11) is -3.73. The van der Waals surface area contributed by atoms with Crippen LogP contribution in [-0.2, 0) is 14.8 Å². The molecule has 0 saturated carbocycles. The van der Waals surface area contributed by atoms with Crippen LogP contribution in [0.2, 0.25) is 0 Å². The lowest BCUT2D eigenvalue weighted by molar-refractivity contribution is -0.123. The summed E-state index contributed by atoms with van der Waals surface area (Å²) in [6.07, 6.45) is 0. The van der Waals surface area contributed by atoms with E-state index >= 15 is 0 Å². The molecule has 1 amide bonds. The largest absolute Gasteiger partial charge is 0.310 e. The zero-order valence-corrected chi connectivity index (χ0v) is 13.9. The Kier molecular flexibility index (Phi) is 4.38. The Balaban J connectivity index is 1.86. The van der Waals surface area contributed by atoms with Crippen LogP contribution in [0, 0.1) is 5.82 Å². The molecule has 5 nitrogen and oxygen atoms in total. The maximum atomic E-state index is 13.0. The van der Waals surface area contributed by atoms with Crippen molar-refractivity contribution in [2.24, 2.45) is 0 Å². The first-order valence-electron chi connectivity index (χ1n) is 7.55. The molecule has 1 heterocycles. The molecule has 3 rings (SSSR count). The van der Waals surface area contributed by atoms with Gasteiger partial charge in [-0.1, -0.05) is 18.2 Å². The van der Waals surface area contributed by atoms with E-state index in [4.69, 9.17) is 0 Å². The molecule has 0 N–H and O–H groups in total. The zero-order valence-electron chi connectivity index (χ0n) is 13.1. The van der Waals surface area contributed by atoms with E-state index in [1.807, 2.05) is 0 Å². The lowest BCUT2D eigenvalue weighted by Gasteiger charge is -2.38. The van der Waals surface area contributed by atoms with Crippen LogP contribution in [0.25, 0.3) is 0 Å². The molecule has 1 aliphatic rings. The number of amides is 1. The summed E-state index contributed by atoms with van der Waals surface area (Å²) < 4.78 is 39.7. The van der Waals surface area contributed by atoms with E-state index in [1.165, 1.54) is 45.6 Å². The summed E-state index contributed by atoms with van der Waals surface area (Å²) in [4.78, 5) is 14.3. The first-order valence-corrected chi connectivity index (χ1v) is 8.99. The number of rotatable bonds is 3. The Morgan fingerprint density at radius 1 is 1.00 bits per heavy atom. The fourth-order valence-electron chi connectivity index (χ4n) is 2.78. The second kappa shape index (κ2) is 6.33. The molecule has 0 radical (unpaired) electrons. The lowest BCUT2D eigenvalue weighted by Crippen LogP contribution is -2.57. The van der Waals surface area contributed by atoms with Crippen LogP contribution in [-0.4, -0.2) is 37.8 Å². The number of nitrogens with zero attached hydrogens (tertiary/aromatic N) is 2. The van der Waals surface area contributed by atoms with Gasteiger partial charge in [0.1, 0.15) is 11.9 Å². The van der Waals surface area contributed by atoms with Gasteiger partial charge in [-0.2, -0.15) is 4.31 Å². The van der Waals surface area contributed by atoms with Crippen molar-refractivity contribution in [1.82, 2.24) is 4.31 Å². The van der Waals surface area contributed by atoms with Crippen molar-refractivity contribution in [3.63, 3.8) is 0 Å². The first kappa shape index (κ1) is 16.6. The number of sulfonamides is 1. The highest BCUT2D eigenvalue weighted by molar-refractivity contribution is 7.89. The van der Waals surface area contributed by atoms with Crippen molar-refractivity contribution in [3.05, 3.63) is 60.4 Å². The van der Waals surface area contributed by atoms with E-state index in [0.29, 0.717) is 5.69 Å². The standard InChI is InChI=1S/C17H17FN2O3S/c1-13-17(21)19(15-9-7-14(18)8-10-15)11-12-20(13)24(22,23)16-5-3-2-4-6-16/h2-10,13H,11-12H2,1H3/t13-/m1/s1. The van der Waals surface area contributed by atoms with Crippen LogP contribution in [0.15, 0.2) is 59.5 Å². The summed E-state index contributed by atoms with van der Waals surface area (Å²) in [6.45, 7) is 1.97. The van der Waals surface area contributed by atoms with Crippen LogP contribution in [0.3, 0.4) is 0 Å². The van der Waals surface area contributed by atoms with E-state index in [0.717, 1.165) is 0 Å². The number of halogens is 1. The summed E-state index contributed by atoms with van der Waals surface area (Å²) >= 11 is 0. The third-order valence-corrected chi connectivity index (χ3v) is 6.07. The van der Waals surface area contributed by atoms with E-state index in [2.05, 4.69) is 0 Å². The number of carbonyl (C=O) groups excluding carboxylic acids is 1. The minimum Gasteiger partial charge on any atom is -0.310 e. The molecular formula is C17H17FN2O3S. The van der Waals surface area contributed by atoms with Crippen LogP contribution in [0.1, 0.15) is 6.92 Å². The van der Waals surface area contributed by atoms with Gasteiger partial charge in [0.2, 0.25) is 15.9 Å². The normalized spacial score (nSPS) is 19.5. The van der Waals surface area contributed by atoms with Crippen LogP contribution < -0.4 is 4.90 Å². The minimum atomic E-state index is -3.73. The van der Waals surface area contributed by atoms with Crippen molar-refractivity contribution < 1.29 is 17.6 Å². The number of anilines is 1. The second-order valence-electron chi connectivity index (χ2n) is 5.57. The van der Waals surface area contributed by atoms with Crippen molar-refractivity contribution in [1.29, 1.82) is 0 Å². The van der Waals surface area contributed by atoms with E-state index in [1.54, 1.807) is 25.1 Å². The molecule has 1 fully saturated rings. The van der Waals surface area contributed by atoms with Crippen molar-refractivity contribution in [2.75, 3.05) is 18.0 Å². The zero-order chi connectivity index (χ0) is 17.3. The summed E-state index contributed by atoms with van der Waals surface area (Å²) in [5, 5.41) is 0. The molecule has 0 aromatic heterocycles. The molecule has 24 heavy (non-hydrogen) atoms. The number of hydrogen-bond acceptors (Lipinski definition) is 3. The number of piperazine rings is 1. The topological polar surface area (TPSA) is 57.7 Å². The summed E-state index contributed by atoms with van der Waals surface area (Å²) in [6, 6.07) is 12.8. The predicted molar refractivity (Wildman–Crippen MR) is 88.5 cm³/mol. The summed E-state index contributed by atoms with van der Waals surface area (Å²) in [5.74, 6) is -0.711. The van der Waals surface area contributed by atoms with Gasteiger partial charge in [0.05, 0.1) is 4.90 Å². The Hall–Kier alpha value is -2.25.